The minimum atomic E-state index is -1.54. The van der Waals surface area contributed by atoms with Crippen molar-refractivity contribution < 1.29 is 28.6 Å². The summed E-state index contributed by atoms with van der Waals surface area (Å²) in [6, 6.07) is 2.06. The molecule has 0 aliphatic heterocycles. The van der Waals surface area contributed by atoms with Gasteiger partial charge in [-0.05, 0) is 12.1 Å². The molecule has 108 valence electrons. The number of esters is 1. The monoisotopic (exact) mass is 303 g/mol. The number of halogens is 2. The lowest BCUT2D eigenvalue weighted by Crippen LogP contribution is -2.42. The third-order valence-corrected chi connectivity index (χ3v) is 2.71. The second-order valence-electron chi connectivity index (χ2n) is 3.74. The van der Waals surface area contributed by atoms with Crippen molar-refractivity contribution >= 4 is 29.4 Å². The van der Waals surface area contributed by atoms with E-state index >= 15 is 0 Å². The quantitative estimate of drug-likeness (QED) is 0.798. The number of aliphatic carboxylic acids is 1. The molecule has 0 bridgehead atoms. The van der Waals surface area contributed by atoms with Gasteiger partial charge >= 0.3 is 11.9 Å². The predicted molar refractivity (Wildman–Crippen MR) is 66.9 cm³/mol. The van der Waals surface area contributed by atoms with Gasteiger partial charge in [-0.15, -0.1) is 0 Å². The van der Waals surface area contributed by atoms with Crippen molar-refractivity contribution in [2.75, 3.05) is 7.11 Å². The minimum absolute atomic E-state index is 0.162. The molecule has 1 rings (SSSR count). The van der Waals surface area contributed by atoms with E-state index in [4.69, 9.17) is 16.7 Å². The Labute approximate surface area is 118 Å². The summed E-state index contributed by atoms with van der Waals surface area (Å²) in [5.74, 6) is -4.19. The van der Waals surface area contributed by atoms with Crippen LogP contribution in [0.15, 0.2) is 18.2 Å². The van der Waals surface area contributed by atoms with Crippen LogP contribution in [0.1, 0.15) is 16.8 Å². The Morgan fingerprint density at radius 3 is 2.60 bits per heavy atom. The van der Waals surface area contributed by atoms with Gasteiger partial charge in [0.2, 0.25) is 0 Å². The molecule has 0 radical (unpaired) electrons. The zero-order valence-corrected chi connectivity index (χ0v) is 11.1. The minimum Gasteiger partial charge on any atom is -0.480 e. The van der Waals surface area contributed by atoms with Crippen molar-refractivity contribution in [3.05, 3.63) is 34.6 Å². The Morgan fingerprint density at radius 2 is 2.10 bits per heavy atom. The van der Waals surface area contributed by atoms with Crippen molar-refractivity contribution in [1.29, 1.82) is 0 Å². The van der Waals surface area contributed by atoms with E-state index in [2.05, 4.69) is 4.74 Å². The average Bonchev–Trinajstić information content (AvgIpc) is 2.37. The van der Waals surface area contributed by atoms with Crippen molar-refractivity contribution in [2.24, 2.45) is 0 Å². The maximum atomic E-state index is 13.5. The van der Waals surface area contributed by atoms with Crippen LogP contribution in [0.3, 0.4) is 0 Å². The number of hydrogen-bond donors (Lipinski definition) is 2. The van der Waals surface area contributed by atoms with Crippen molar-refractivity contribution in [2.45, 2.75) is 12.5 Å². The van der Waals surface area contributed by atoms with E-state index in [1.807, 2.05) is 5.32 Å². The average molecular weight is 304 g/mol. The number of rotatable bonds is 5. The van der Waals surface area contributed by atoms with E-state index in [1.54, 1.807) is 0 Å². The second kappa shape index (κ2) is 6.85. The molecule has 0 heterocycles. The van der Waals surface area contributed by atoms with Crippen LogP contribution in [0.5, 0.6) is 0 Å². The number of carbonyl (C=O) groups is 3. The fourth-order valence-electron chi connectivity index (χ4n) is 1.40. The number of methoxy groups -OCH3 is 1. The molecule has 20 heavy (non-hydrogen) atoms. The predicted octanol–water partition coefficient (Wildman–Crippen LogP) is 1.23. The van der Waals surface area contributed by atoms with E-state index in [9.17, 15) is 18.8 Å². The molecule has 1 aromatic carbocycles. The van der Waals surface area contributed by atoms with Crippen LogP contribution in [0.2, 0.25) is 5.02 Å². The third kappa shape index (κ3) is 3.92. The summed E-state index contributed by atoms with van der Waals surface area (Å²) in [5.41, 5.74) is -0.481. The lowest BCUT2D eigenvalue weighted by Gasteiger charge is -2.14. The Kier molecular flexibility index (Phi) is 5.45. The summed E-state index contributed by atoms with van der Waals surface area (Å²) in [6.45, 7) is 0. The Hall–Kier alpha value is -2.15. The van der Waals surface area contributed by atoms with Crippen LogP contribution in [0, 0.1) is 5.82 Å². The third-order valence-electron chi connectivity index (χ3n) is 2.39. The highest BCUT2D eigenvalue weighted by Crippen LogP contribution is 2.19. The van der Waals surface area contributed by atoms with E-state index in [0.29, 0.717) is 0 Å². The van der Waals surface area contributed by atoms with Crippen LogP contribution >= 0.6 is 11.6 Å². The van der Waals surface area contributed by atoms with Gasteiger partial charge in [0, 0.05) is 0 Å². The number of nitrogens with one attached hydrogen (secondary N) is 1. The van der Waals surface area contributed by atoms with Gasteiger partial charge in [0.1, 0.15) is 11.9 Å². The molecule has 0 aliphatic carbocycles. The number of carboxylic acid groups (broad SMARTS) is 1. The van der Waals surface area contributed by atoms with E-state index in [1.165, 1.54) is 12.1 Å². The second-order valence-corrected chi connectivity index (χ2v) is 4.15. The van der Waals surface area contributed by atoms with Crippen molar-refractivity contribution in [3.63, 3.8) is 0 Å². The Balaban J connectivity index is 2.91. The van der Waals surface area contributed by atoms with Gasteiger partial charge in [-0.2, -0.15) is 0 Å². The summed E-state index contributed by atoms with van der Waals surface area (Å²) in [5, 5.41) is 10.8. The lowest BCUT2D eigenvalue weighted by molar-refractivity contribution is -0.147. The first-order valence-electron chi connectivity index (χ1n) is 5.41. The van der Waals surface area contributed by atoms with Gasteiger partial charge in [-0.1, -0.05) is 17.7 Å². The Bertz CT molecular complexity index is 528. The van der Waals surface area contributed by atoms with Gasteiger partial charge in [-0.25, -0.2) is 9.18 Å². The van der Waals surface area contributed by atoms with Crippen LogP contribution in [0.25, 0.3) is 0 Å². The van der Waals surface area contributed by atoms with Gasteiger partial charge in [0.15, 0.2) is 0 Å². The Morgan fingerprint density at radius 1 is 1.45 bits per heavy atom. The van der Waals surface area contributed by atoms with Crippen LogP contribution in [0.4, 0.5) is 4.39 Å². The zero-order valence-electron chi connectivity index (χ0n) is 10.4. The van der Waals surface area contributed by atoms with Crippen LogP contribution in [-0.2, 0) is 14.3 Å². The van der Waals surface area contributed by atoms with Crippen molar-refractivity contribution in [1.82, 2.24) is 5.32 Å². The summed E-state index contributed by atoms with van der Waals surface area (Å²) in [4.78, 5) is 33.8. The molecular weight excluding hydrogens is 293 g/mol. The number of amides is 1. The van der Waals surface area contributed by atoms with Gasteiger partial charge in [-0.3, -0.25) is 9.59 Å². The summed E-state index contributed by atoms with van der Waals surface area (Å²) in [7, 11) is 1.08. The molecule has 0 saturated carbocycles. The summed E-state index contributed by atoms with van der Waals surface area (Å²) >= 11 is 5.68. The molecule has 0 aliphatic rings. The number of hydrogen-bond acceptors (Lipinski definition) is 4. The molecule has 1 amide bonds. The number of carbonyl (C=O) groups excluding carboxylic acids is 2. The molecule has 0 saturated heterocycles. The fraction of sp³-hybridized carbons (Fsp3) is 0.250. The molecule has 8 heteroatoms. The maximum absolute atomic E-state index is 13.5. The molecule has 1 atom stereocenters. The molecule has 1 aromatic rings. The fourth-order valence-corrected chi connectivity index (χ4v) is 1.64. The summed E-state index contributed by atoms with van der Waals surface area (Å²) in [6.07, 6.45) is -0.580. The first-order valence-corrected chi connectivity index (χ1v) is 5.79. The zero-order chi connectivity index (χ0) is 15.3. The highest BCUT2D eigenvalue weighted by molar-refractivity contribution is 6.33. The highest BCUT2D eigenvalue weighted by atomic mass is 35.5. The first-order chi connectivity index (χ1) is 9.36. The molecule has 0 fully saturated rings. The van der Waals surface area contributed by atoms with E-state index in [-0.39, 0.29) is 5.02 Å². The lowest BCUT2D eigenvalue weighted by atomic mass is 10.1. The highest BCUT2D eigenvalue weighted by Gasteiger charge is 2.26. The molecule has 2 N–H and O–H groups in total. The topological polar surface area (TPSA) is 92.7 Å². The van der Waals surface area contributed by atoms with Gasteiger partial charge in [0.25, 0.3) is 5.91 Å². The molecule has 0 unspecified atom stereocenters. The van der Waals surface area contributed by atoms with Crippen LogP contribution < -0.4 is 5.32 Å². The maximum Gasteiger partial charge on any atom is 0.326 e. The summed E-state index contributed by atoms with van der Waals surface area (Å²) < 4.78 is 17.8. The first kappa shape index (κ1) is 15.9. The number of carboxylic acids is 1. The van der Waals surface area contributed by atoms with Crippen molar-refractivity contribution in [3.8, 4) is 0 Å². The number of benzene rings is 1. The van der Waals surface area contributed by atoms with Gasteiger partial charge < -0.3 is 15.2 Å². The van der Waals surface area contributed by atoms with Gasteiger partial charge in [0.05, 0.1) is 24.1 Å². The smallest absolute Gasteiger partial charge is 0.326 e. The largest absolute Gasteiger partial charge is 0.480 e. The van der Waals surface area contributed by atoms with Crippen LogP contribution in [-0.4, -0.2) is 36.1 Å². The normalized spacial score (nSPS) is 11.6. The van der Waals surface area contributed by atoms with E-state index < -0.39 is 41.7 Å². The molecule has 6 nitrogen and oxygen atoms in total. The standard InChI is InChI=1S/C12H11ClFNO5/c1-20-9(16)5-8(12(18)19)15-11(17)10-6(13)3-2-4-7(10)14/h2-4,8H,5H2,1H3,(H,15,17)(H,18,19)/t8-/m0/s1. The number of ether oxygens (including phenoxy) is 1. The van der Waals surface area contributed by atoms with E-state index in [0.717, 1.165) is 13.2 Å². The molecule has 0 spiro atoms. The molecule has 0 aromatic heterocycles. The SMILES string of the molecule is COC(=O)C[C@H](NC(=O)c1c(F)cccc1Cl)C(=O)O. The molecular formula is C12H11ClFNO5.